The molecule has 26 heavy (non-hydrogen) atoms. The minimum Gasteiger partial charge on any atom is -0.342 e. The van der Waals surface area contributed by atoms with Crippen molar-refractivity contribution in [3.63, 3.8) is 0 Å². The van der Waals surface area contributed by atoms with E-state index in [9.17, 15) is 4.79 Å². The van der Waals surface area contributed by atoms with Gasteiger partial charge in [0.15, 0.2) is 0 Å². The van der Waals surface area contributed by atoms with Gasteiger partial charge >= 0.3 is 0 Å². The van der Waals surface area contributed by atoms with Crippen LogP contribution in [-0.2, 0) is 4.79 Å². The number of hydrogen-bond donors (Lipinski definition) is 1. The number of aromatic amines is 1. The normalized spacial score (nSPS) is 17.5. The lowest BCUT2D eigenvalue weighted by molar-refractivity contribution is -0.117. The number of halogens is 1. The SMILES string of the molecule is O=C1C[C@H](c2nc3cc4ccccc4cc3[nH]2)CN1c1ccc(Cl)cc1. The molecule has 4 aromatic rings. The number of amides is 1. The summed E-state index contributed by atoms with van der Waals surface area (Å²) in [6.45, 7) is 0.625. The number of carbonyl (C=O) groups is 1. The number of imidazole rings is 1. The van der Waals surface area contributed by atoms with Crippen LogP contribution in [0.3, 0.4) is 0 Å². The molecule has 1 aliphatic heterocycles. The van der Waals surface area contributed by atoms with Gasteiger partial charge in [-0.15, -0.1) is 0 Å². The summed E-state index contributed by atoms with van der Waals surface area (Å²) in [4.78, 5) is 22.5. The van der Waals surface area contributed by atoms with Crippen molar-refractivity contribution in [2.45, 2.75) is 12.3 Å². The highest BCUT2D eigenvalue weighted by molar-refractivity contribution is 6.30. The number of carbonyl (C=O) groups excluding carboxylic acids is 1. The van der Waals surface area contributed by atoms with E-state index in [4.69, 9.17) is 16.6 Å². The van der Waals surface area contributed by atoms with Crippen LogP contribution in [0, 0.1) is 0 Å². The summed E-state index contributed by atoms with van der Waals surface area (Å²) in [6, 6.07) is 19.8. The third kappa shape index (κ3) is 2.54. The molecule has 1 aliphatic rings. The van der Waals surface area contributed by atoms with E-state index in [-0.39, 0.29) is 11.8 Å². The summed E-state index contributed by atoms with van der Waals surface area (Å²) in [5.41, 5.74) is 2.83. The summed E-state index contributed by atoms with van der Waals surface area (Å²) in [6.07, 6.45) is 0.460. The zero-order valence-corrected chi connectivity index (χ0v) is 14.7. The van der Waals surface area contributed by atoms with Gasteiger partial charge in [-0.3, -0.25) is 4.79 Å². The van der Waals surface area contributed by atoms with Gasteiger partial charge in [0, 0.05) is 29.6 Å². The first-order valence-electron chi connectivity index (χ1n) is 8.62. The molecule has 5 heteroatoms. The smallest absolute Gasteiger partial charge is 0.227 e. The summed E-state index contributed by atoms with van der Waals surface area (Å²) >= 11 is 5.95. The van der Waals surface area contributed by atoms with Crippen LogP contribution in [0.1, 0.15) is 18.2 Å². The highest BCUT2D eigenvalue weighted by atomic mass is 35.5. The first-order valence-corrected chi connectivity index (χ1v) is 8.99. The maximum atomic E-state index is 12.5. The summed E-state index contributed by atoms with van der Waals surface area (Å²) in [5.74, 6) is 1.05. The van der Waals surface area contributed by atoms with Crippen LogP contribution in [0.15, 0.2) is 60.7 Å². The molecule has 0 aliphatic carbocycles. The molecule has 0 unspecified atom stereocenters. The molecule has 2 heterocycles. The second-order valence-corrected chi connectivity index (χ2v) is 7.16. The Labute approximate surface area is 155 Å². The van der Waals surface area contributed by atoms with Gasteiger partial charge in [-0.05, 0) is 47.2 Å². The lowest BCUT2D eigenvalue weighted by atomic mass is 10.1. The van der Waals surface area contributed by atoms with Gasteiger partial charge in [0.05, 0.1) is 11.0 Å². The van der Waals surface area contributed by atoms with Crippen LogP contribution in [0.2, 0.25) is 5.02 Å². The molecule has 5 rings (SSSR count). The van der Waals surface area contributed by atoms with Crippen LogP contribution >= 0.6 is 11.6 Å². The Balaban J connectivity index is 1.49. The quantitative estimate of drug-likeness (QED) is 0.552. The molecule has 1 aromatic heterocycles. The Morgan fingerprint density at radius 3 is 2.54 bits per heavy atom. The molecule has 0 radical (unpaired) electrons. The van der Waals surface area contributed by atoms with Crippen LogP contribution in [-0.4, -0.2) is 22.4 Å². The van der Waals surface area contributed by atoms with Crippen LogP contribution < -0.4 is 4.90 Å². The first-order chi connectivity index (χ1) is 12.7. The van der Waals surface area contributed by atoms with Crippen LogP contribution in [0.4, 0.5) is 5.69 Å². The van der Waals surface area contributed by atoms with E-state index < -0.39 is 0 Å². The molecule has 4 nitrogen and oxygen atoms in total. The molecule has 128 valence electrons. The molecule has 1 fully saturated rings. The summed E-state index contributed by atoms with van der Waals surface area (Å²) in [7, 11) is 0. The largest absolute Gasteiger partial charge is 0.342 e. The summed E-state index contributed by atoms with van der Waals surface area (Å²) < 4.78 is 0. The highest BCUT2D eigenvalue weighted by Gasteiger charge is 2.33. The zero-order valence-electron chi connectivity index (χ0n) is 13.9. The fraction of sp³-hybridized carbons (Fsp3) is 0.143. The van der Waals surface area contributed by atoms with Crippen molar-refractivity contribution in [3.8, 4) is 0 Å². The molecule has 1 amide bonds. The maximum absolute atomic E-state index is 12.5. The lowest BCUT2D eigenvalue weighted by Crippen LogP contribution is -2.24. The Morgan fingerprint density at radius 1 is 1.04 bits per heavy atom. The predicted octanol–water partition coefficient (Wildman–Crippen LogP) is 4.89. The lowest BCUT2D eigenvalue weighted by Gasteiger charge is -2.16. The van der Waals surface area contributed by atoms with E-state index in [1.807, 2.05) is 41.3 Å². The third-order valence-electron chi connectivity index (χ3n) is 5.02. The fourth-order valence-corrected chi connectivity index (χ4v) is 3.80. The number of rotatable bonds is 2. The molecule has 3 aromatic carbocycles. The number of H-pyrrole nitrogens is 1. The summed E-state index contributed by atoms with van der Waals surface area (Å²) in [5, 5.41) is 3.02. The van der Waals surface area contributed by atoms with Gasteiger partial charge in [0.2, 0.25) is 5.91 Å². The molecule has 1 saturated heterocycles. The molecule has 1 atom stereocenters. The molecule has 0 spiro atoms. The average Bonchev–Trinajstić information content (AvgIpc) is 3.23. The predicted molar refractivity (Wildman–Crippen MR) is 105 cm³/mol. The van der Waals surface area contributed by atoms with Crippen LogP contribution in [0.25, 0.3) is 21.8 Å². The zero-order chi connectivity index (χ0) is 17.7. The Kier molecular flexibility index (Phi) is 3.47. The van der Waals surface area contributed by atoms with Gasteiger partial charge in [-0.2, -0.15) is 0 Å². The molecular formula is C21H16ClN3O. The van der Waals surface area contributed by atoms with E-state index in [0.717, 1.165) is 22.5 Å². The van der Waals surface area contributed by atoms with Gasteiger partial charge < -0.3 is 9.88 Å². The van der Waals surface area contributed by atoms with E-state index in [1.165, 1.54) is 10.8 Å². The van der Waals surface area contributed by atoms with Crippen LogP contribution in [0.5, 0.6) is 0 Å². The molecule has 0 saturated carbocycles. The maximum Gasteiger partial charge on any atom is 0.227 e. The number of nitrogens with one attached hydrogen (secondary N) is 1. The van der Waals surface area contributed by atoms with Crippen molar-refractivity contribution in [3.05, 3.63) is 71.5 Å². The molecular weight excluding hydrogens is 346 g/mol. The number of anilines is 1. The van der Waals surface area contributed by atoms with Gasteiger partial charge in [-0.25, -0.2) is 4.98 Å². The van der Waals surface area contributed by atoms with E-state index >= 15 is 0 Å². The Morgan fingerprint density at radius 2 is 1.77 bits per heavy atom. The molecule has 0 bridgehead atoms. The van der Waals surface area contributed by atoms with E-state index in [0.29, 0.717) is 18.0 Å². The topological polar surface area (TPSA) is 49.0 Å². The third-order valence-corrected chi connectivity index (χ3v) is 5.27. The van der Waals surface area contributed by atoms with Crippen molar-refractivity contribution in [1.82, 2.24) is 9.97 Å². The highest BCUT2D eigenvalue weighted by Crippen LogP contribution is 2.32. The molecule has 1 N–H and O–H groups in total. The van der Waals surface area contributed by atoms with E-state index in [2.05, 4.69) is 29.2 Å². The second kappa shape index (κ2) is 5.85. The van der Waals surface area contributed by atoms with Crippen molar-refractivity contribution >= 4 is 45.0 Å². The Bertz CT molecular complexity index is 1080. The van der Waals surface area contributed by atoms with Crippen molar-refractivity contribution in [1.29, 1.82) is 0 Å². The number of aromatic nitrogens is 2. The monoisotopic (exact) mass is 361 g/mol. The van der Waals surface area contributed by atoms with Gasteiger partial charge in [-0.1, -0.05) is 35.9 Å². The number of benzene rings is 3. The minimum absolute atomic E-state index is 0.0636. The minimum atomic E-state index is 0.0636. The number of hydrogen-bond acceptors (Lipinski definition) is 2. The van der Waals surface area contributed by atoms with Gasteiger partial charge in [0.25, 0.3) is 0 Å². The fourth-order valence-electron chi connectivity index (χ4n) is 3.67. The van der Waals surface area contributed by atoms with Crippen molar-refractivity contribution in [2.24, 2.45) is 0 Å². The second-order valence-electron chi connectivity index (χ2n) is 6.72. The number of fused-ring (bicyclic) bond motifs is 2. The van der Waals surface area contributed by atoms with Crippen molar-refractivity contribution < 1.29 is 4.79 Å². The Hall–Kier alpha value is -2.85. The average molecular weight is 362 g/mol. The standard InChI is InChI=1S/C21H16ClN3O/c22-16-5-7-17(8-6-16)25-12-15(11-20(25)26)21-23-18-9-13-3-1-2-4-14(13)10-19(18)24-21/h1-10,15H,11-12H2,(H,23,24)/t15-/m0/s1. The first kappa shape index (κ1) is 15.4. The number of nitrogens with zero attached hydrogens (tertiary/aromatic N) is 2. The van der Waals surface area contributed by atoms with Gasteiger partial charge in [0.1, 0.15) is 5.82 Å². The van der Waals surface area contributed by atoms with E-state index in [1.54, 1.807) is 0 Å². The van der Waals surface area contributed by atoms with Crippen molar-refractivity contribution in [2.75, 3.05) is 11.4 Å².